The fourth-order valence-corrected chi connectivity index (χ4v) is 3.62. The van der Waals surface area contributed by atoms with Gasteiger partial charge in [-0.1, -0.05) is 25.7 Å². The summed E-state index contributed by atoms with van der Waals surface area (Å²) in [7, 11) is 0.544. The number of aromatic nitrogens is 3. The Morgan fingerprint density at radius 1 is 1.26 bits per heavy atom. The number of fused-ring (bicyclic) bond motifs is 1. The van der Waals surface area contributed by atoms with Gasteiger partial charge in [-0.3, -0.25) is 14.7 Å². The molecule has 3 rings (SSSR count). The van der Waals surface area contributed by atoms with Gasteiger partial charge in [0, 0.05) is 27.9 Å². The summed E-state index contributed by atoms with van der Waals surface area (Å²) < 4.78 is 7.48. The van der Waals surface area contributed by atoms with Crippen molar-refractivity contribution in [2.45, 2.75) is 45.3 Å². The van der Waals surface area contributed by atoms with E-state index >= 15 is 0 Å². The highest BCUT2D eigenvalue weighted by Gasteiger charge is 2.38. The molecule has 1 N–H and O–H groups in total. The van der Waals surface area contributed by atoms with Crippen LogP contribution in [0.25, 0.3) is 0 Å². The quantitative estimate of drug-likeness (QED) is 0.576. The van der Waals surface area contributed by atoms with Gasteiger partial charge in [-0.2, -0.15) is 0 Å². The first-order chi connectivity index (χ1) is 12.8. The molecule has 1 unspecified atom stereocenters. The Hall–Kier alpha value is -2.23. The van der Waals surface area contributed by atoms with Crippen molar-refractivity contribution in [3.63, 3.8) is 0 Å². The number of amides is 1. The van der Waals surface area contributed by atoms with Gasteiger partial charge in [0.05, 0.1) is 18.6 Å². The van der Waals surface area contributed by atoms with Crippen molar-refractivity contribution in [1.82, 2.24) is 19.4 Å². The molecule has 0 spiro atoms. The van der Waals surface area contributed by atoms with E-state index in [1.807, 2.05) is 18.2 Å². The van der Waals surface area contributed by atoms with E-state index < -0.39 is 14.4 Å². The number of nitrogens with zero attached hydrogens (tertiary/aromatic N) is 5. The van der Waals surface area contributed by atoms with Crippen molar-refractivity contribution in [2.75, 3.05) is 18.6 Å². The first kappa shape index (κ1) is 19.5. The van der Waals surface area contributed by atoms with Crippen LogP contribution in [0.1, 0.15) is 16.2 Å². The van der Waals surface area contributed by atoms with Gasteiger partial charge in [-0.05, 0) is 18.2 Å². The second-order valence-electron chi connectivity index (χ2n) is 7.95. The summed E-state index contributed by atoms with van der Waals surface area (Å²) in [5.74, 6) is 0.172. The molecule has 146 valence electrons. The van der Waals surface area contributed by atoms with Crippen LogP contribution in [0, 0.1) is 0 Å². The van der Waals surface area contributed by atoms with Gasteiger partial charge in [0.1, 0.15) is 6.73 Å². The summed E-state index contributed by atoms with van der Waals surface area (Å²) in [5.41, 5.74) is 1.13. The van der Waals surface area contributed by atoms with Gasteiger partial charge >= 0.3 is 0 Å². The van der Waals surface area contributed by atoms with Crippen LogP contribution in [0.3, 0.4) is 0 Å². The molecule has 0 aromatic carbocycles. The zero-order valence-electron chi connectivity index (χ0n) is 16.3. The summed E-state index contributed by atoms with van der Waals surface area (Å²) in [5, 5.41) is 10.6. The highest BCUT2D eigenvalue weighted by molar-refractivity contribution is 6.76. The molecule has 0 aliphatic carbocycles. The Morgan fingerprint density at radius 2 is 2.04 bits per heavy atom. The van der Waals surface area contributed by atoms with E-state index in [0.29, 0.717) is 23.8 Å². The zero-order chi connectivity index (χ0) is 19.6. The van der Waals surface area contributed by atoms with E-state index in [9.17, 15) is 9.90 Å². The Kier molecular flexibility index (Phi) is 5.63. The van der Waals surface area contributed by atoms with Crippen molar-refractivity contribution in [3.8, 4) is 0 Å². The fourth-order valence-electron chi connectivity index (χ4n) is 2.87. The first-order valence-electron chi connectivity index (χ1n) is 9.02. The third-order valence-corrected chi connectivity index (χ3v) is 6.23. The molecule has 1 aliphatic heterocycles. The number of ether oxygens (including phenoxy) is 1. The molecule has 3 heterocycles. The molecule has 27 heavy (non-hydrogen) atoms. The number of hydrogen-bond donors (Lipinski definition) is 1. The molecule has 9 heteroatoms. The van der Waals surface area contributed by atoms with Gasteiger partial charge in [-0.15, -0.1) is 0 Å². The maximum absolute atomic E-state index is 13.1. The van der Waals surface area contributed by atoms with E-state index in [0.717, 1.165) is 6.04 Å². The van der Waals surface area contributed by atoms with Crippen molar-refractivity contribution < 1.29 is 14.6 Å². The van der Waals surface area contributed by atoms with Gasteiger partial charge in [0.2, 0.25) is 6.35 Å². The fraction of sp³-hybridized carbons (Fsp3) is 0.500. The number of anilines is 1. The molecule has 0 saturated carbocycles. The molecule has 1 aliphatic rings. The largest absolute Gasteiger partial charge is 0.361 e. The lowest BCUT2D eigenvalue weighted by molar-refractivity contribution is -0.00261. The molecule has 1 atom stereocenters. The predicted molar refractivity (Wildman–Crippen MR) is 105 cm³/mol. The van der Waals surface area contributed by atoms with E-state index in [1.54, 1.807) is 29.0 Å². The molecule has 0 fully saturated rings. The van der Waals surface area contributed by atoms with Crippen molar-refractivity contribution in [1.29, 1.82) is 0 Å². The molecular weight excluding hydrogens is 362 g/mol. The number of aliphatic hydroxyl groups is 1. The van der Waals surface area contributed by atoms with Crippen molar-refractivity contribution in [2.24, 2.45) is 0 Å². The smallest absolute Gasteiger partial charge is 0.278 e. The average Bonchev–Trinajstić information content (AvgIpc) is 3.05. The van der Waals surface area contributed by atoms with Crippen molar-refractivity contribution >= 4 is 19.8 Å². The highest BCUT2D eigenvalue weighted by atomic mass is 28.3. The summed E-state index contributed by atoms with van der Waals surface area (Å²) in [4.78, 5) is 24.6. The van der Waals surface area contributed by atoms with Gasteiger partial charge in [0.25, 0.3) is 5.91 Å². The third-order valence-electron chi connectivity index (χ3n) is 4.53. The number of aliphatic hydroxyl groups excluding tert-OH is 1. The van der Waals surface area contributed by atoms with Crippen molar-refractivity contribution in [3.05, 3.63) is 42.1 Å². The van der Waals surface area contributed by atoms with Gasteiger partial charge < -0.3 is 19.3 Å². The molecule has 0 radical (unpaired) electrons. The van der Waals surface area contributed by atoms with Crippen LogP contribution in [-0.2, 0) is 18.0 Å². The van der Waals surface area contributed by atoms with E-state index in [-0.39, 0.29) is 19.2 Å². The number of rotatable bonds is 7. The van der Waals surface area contributed by atoms with Crippen LogP contribution >= 0.6 is 0 Å². The summed E-state index contributed by atoms with van der Waals surface area (Å²) in [6.45, 7) is 8.03. The SMILES string of the molecule is CN1c2ncn(COCC[Si](C)(C)C)c2C(=O)N(Cc2ccccn2)C1O. The molecule has 2 aromatic rings. The Labute approximate surface area is 160 Å². The lowest BCUT2D eigenvalue weighted by Crippen LogP contribution is -2.54. The number of hydrogen-bond acceptors (Lipinski definition) is 6. The molecule has 2 aromatic heterocycles. The average molecular weight is 390 g/mol. The molecule has 1 amide bonds. The third kappa shape index (κ3) is 4.37. The summed E-state index contributed by atoms with van der Waals surface area (Å²) in [6.07, 6.45) is 2.16. The van der Waals surface area contributed by atoms with Crippen LogP contribution in [0.2, 0.25) is 25.7 Å². The monoisotopic (exact) mass is 389 g/mol. The minimum atomic E-state index is -1.17. The lowest BCUT2D eigenvalue weighted by Gasteiger charge is -2.38. The number of carbonyl (C=O) groups is 1. The molecular formula is C18H27N5O3Si. The van der Waals surface area contributed by atoms with Crippen LogP contribution in [0.15, 0.2) is 30.7 Å². The molecule has 0 bridgehead atoms. The summed E-state index contributed by atoms with van der Waals surface area (Å²) in [6, 6.07) is 6.55. The second-order valence-corrected chi connectivity index (χ2v) is 13.6. The standard InChI is InChI=1S/C18H27N5O3Si/c1-21-16-15(22(12-20-16)13-26-9-10-27(2,3)4)17(24)23(18(21)25)11-14-7-5-6-8-19-14/h5-8,12,18,25H,9-11,13H2,1-4H3. The topological polar surface area (TPSA) is 83.7 Å². The molecule has 0 saturated heterocycles. The summed E-state index contributed by atoms with van der Waals surface area (Å²) >= 11 is 0. The Balaban J connectivity index is 1.76. The predicted octanol–water partition coefficient (Wildman–Crippen LogP) is 1.96. The van der Waals surface area contributed by atoms with Gasteiger partial charge in [0.15, 0.2) is 11.5 Å². The number of pyridine rings is 1. The second kappa shape index (κ2) is 7.79. The van der Waals surface area contributed by atoms with E-state index in [1.165, 1.54) is 4.90 Å². The maximum atomic E-state index is 13.1. The normalized spacial score (nSPS) is 17.4. The number of carbonyl (C=O) groups excluding carboxylic acids is 1. The van der Waals surface area contributed by atoms with Crippen LogP contribution in [-0.4, -0.2) is 58.5 Å². The minimum absolute atomic E-state index is 0.215. The Bertz CT molecular complexity index is 790. The van der Waals surface area contributed by atoms with Crippen LogP contribution in [0.5, 0.6) is 0 Å². The lowest BCUT2D eigenvalue weighted by atomic mass is 10.2. The zero-order valence-corrected chi connectivity index (χ0v) is 17.3. The first-order valence-corrected chi connectivity index (χ1v) is 12.7. The molecule has 8 nitrogen and oxygen atoms in total. The van der Waals surface area contributed by atoms with Gasteiger partial charge in [-0.25, -0.2) is 4.98 Å². The maximum Gasteiger partial charge on any atom is 0.278 e. The minimum Gasteiger partial charge on any atom is -0.361 e. The van der Waals surface area contributed by atoms with E-state index in [2.05, 4.69) is 29.6 Å². The number of imidazole rings is 1. The highest BCUT2D eigenvalue weighted by Crippen LogP contribution is 2.28. The Morgan fingerprint density at radius 3 is 2.70 bits per heavy atom. The van der Waals surface area contributed by atoms with Crippen LogP contribution < -0.4 is 4.90 Å². The van der Waals surface area contributed by atoms with E-state index in [4.69, 9.17) is 4.74 Å². The van der Waals surface area contributed by atoms with Crippen LogP contribution in [0.4, 0.5) is 5.82 Å².